The average Bonchev–Trinajstić information content (AvgIpc) is 2.19. The van der Waals surface area contributed by atoms with Crippen LogP contribution in [0.4, 0.5) is 0 Å². The zero-order valence-corrected chi connectivity index (χ0v) is 9.15. The first kappa shape index (κ1) is 10.2. The number of hydrogen-bond acceptors (Lipinski definition) is 1. The second kappa shape index (κ2) is 4.03. The molecule has 1 heterocycles. The maximum atomic E-state index is 10.0. The van der Waals surface area contributed by atoms with Crippen LogP contribution in [-0.2, 0) is 0 Å². The van der Waals surface area contributed by atoms with Crippen LogP contribution in [-0.4, -0.2) is 41.9 Å². The molecule has 0 spiro atoms. The topological polar surface area (TPSA) is 20.2 Å². The van der Waals surface area contributed by atoms with Crippen molar-refractivity contribution in [3.63, 3.8) is 0 Å². The van der Waals surface area contributed by atoms with Crippen LogP contribution in [0.2, 0.25) is 0 Å². The molecular formula is C12H22NO+. The van der Waals surface area contributed by atoms with Crippen molar-refractivity contribution in [2.75, 3.05) is 20.1 Å². The summed E-state index contributed by atoms with van der Waals surface area (Å²) in [7, 11) is 2.31. The molecule has 2 aliphatic rings. The molecule has 2 heteroatoms. The molecule has 0 aromatic rings. The van der Waals surface area contributed by atoms with E-state index in [1.54, 1.807) is 0 Å². The van der Waals surface area contributed by atoms with Crippen molar-refractivity contribution in [3.8, 4) is 0 Å². The minimum absolute atomic E-state index is 0.108. The second-order valence-corrected chi connectivity index (χ2v) is 5.05. The molecule has 0 aromatic carbocycles. The normalized spacial score (nSPS) is 37.0. The number of rotatable bonds is 1. The van der Waals surface area contributed by atoms with Crippen molar-refractivity contribution in [2.24, 2.45) is 0 Å². The van der Waals surface area contributed by atoms with Crippen LogP contribution in [0, 0.1) is 0 Å². The Kier molecular flexibility index (Phi) is 2.93. The van der Waals surface area contributed by atoms with E-state index in [4.69, 9.17) is 0 Å². The zero-order valence-electron chi connectivity index (χ0n) is 9.15. The van der Waals surface area contributed by atoms with Crippen LogP contribution in [0.5, 0.6) is 0 Å². The van der Waals surface area contributed by atoms with Gasteiger partial charge < -0.3 is 9.59 Å². The highest BCUT2D eigenvalue weighted by Crippen LogP contribution is 2.27. The van der Waals surface area contributed by atoms with Crippen LogP contribution < -0.4 is 0 Å². The van der Waals surface area contributed by atoms with Gasteiger partial charge in [0.1, 0.15) is 12.1 Å². The number of quaternary nitrogens is 1. The summed E-state index contributed by atoms with van der Waals surface area (Å²) in [5.41, 5.74) is 0. The Morgan fingerprint density at radius 2 is 1.93 bits per heavy atom. The Morgan fingerprint density at radius 1 is 1.21 bits per heavy atom. The summed E-state index contributed by atoms with van der Waals surface area (Å²) < 4.78 is 1.07. The van der Waals surface area contributed by atoms with Gasteiger partial charge in [-0.1, -0.05) is 6.08 Å². The number of allylic oxidation sites excluding steroid dienone is 1. The molecule has 1 saturated heterocycles. The molecule has 0 saturated carbocycles. The first-order valence-corrected chi connectivity index (χ1v) is 5.91. The third-order valence-corrected chi connectivity index (χ3v) is 3.91. The van der Waals surface area contributed by atoms with Crippen molar-refractivity contribution < 1.29 is 9.59 Å². The minimum atomic E-state index is -0.108. The lowest BCUT2D eigenvalue weighted by Gasteiger charge is -2.45. The maximum Gasteiger partial charge on any atom is 0.134 e. The largest absolute Gasteiger partial charge is 0.387 e. The number of likely N-dealkylation sites (tertiary alicyclic amines) is 1. The number of nitrogens with zero attached hydrogens (tertiary/aromatic N) is 1. The standard InChI is InChI=1S/C12H22NO/c1-13(9-5-2-6-10-13)11-7-3-4-8-12(11)14/h3,7,11-12,14H,2,4-6,8-10H2,1H3/q+1. The van der Waals surface area contributed by atoms with E-state index in [0.29, 0.717) is 6.04 Å². The number of likely N-dealkylation sites (N-methyl/N-ethyl adjacent to an activating group) is 1. The Hall–Kier alpha value is -0.340. The third-order valence-electron chi connectivity index (χ3n) is 3.91. The molecule has 2 unspecified atom stereocenters. The maximum absolute atomic E-state index is 10.0. The van der Waals surface area contributed by atoms with E-state index in [1.165, 1.54) is 32.4 Å². The third kappa shape index (κ3) is 1.86. The van der Waals surface area contributed by atoms with E-state index >= 15 is 0 Å². The number of piperidine rings is 1. The van der Waals surface area contributed by atoms with Gasteiger partial charge in [0.2, 0.25) is 0 Å². The molecule has 1 aliphatic carbocycles. The Balaban J connectivity index is 2.10. The minimum Gasteiger partial charge on any atom is -0.387 e. The van der Waals surface area contributed by atoms with Crippen molar-refractivity contribution in [2.45, 2.75) is 44.2 Å². The monoisotopic (exact) mass is 196 g/mol. The lowest BCUT2D eigenvalue weighted by atomic mass is 9.94. The predicted octanol–water partition coefficient (Wildman–Crippen LogP) is 1.70. The van der Waals surface area contributed by atoms with E-state index < -0.39 is 0 Å². The molecule has 1 aliphatic heterocycles. The SMILES string of the molecule is C[N+]1(C2C=CCCC2O)CCCCC1. The zero-order chi connectivity index (χ0) is 10.0. The van der Waals surface area contributed by atoms with Crippen LogP contribution in [0.15, 0.2) is 12.2 Å². The highest BCUT2D eigenvalue weighted by Gasteiger charge is 2.37. The Bertz CT molecular complexity index is 218. The van der Waals surface area contributed by atoms with Crippen molar-refractivity contribution >= 4 is 0 Å². The van der Waals surface area contributed by atoms with Gasteiger partial charge in [0, 0.05) is 0 Å². The fraction of sp³-hybridized carbons (Fsp3) is 0.833. The van der Waals surface area contributed by atoms with Gasteiger partial charge >= 0.3 is 0 Å². The summed E-state index contributed by atoms with van der Waals surface area (Å²) in [4.78, 5) is 0. The average molecular weight is 196 g/mol. The highest BCUT2D eigenvalue weighted by molar-refractivity contribution is 4.99. The lowest BCUT2D eigenvalue weighted by molar-refractivity contribution is -0.934. The highest BCUT2D eigenvalue weighted by atomic mass is 16.3. The molecular weight excluding hydrogens is 174 g/mol. The van der Waals surface area contributed by atoms with Gasteiger partial charge in [-0.3, -0.25) is 0 Å². The summed E-state index contributed by atoms with van der Waals surface area (Å²) in [5.74, 6) is 0. The number of aliphatic hydroxyl groups is 1. The van der Waals surface area contributed by atoms with Crippen molar-refractivity contribution in [1.29, 1.82) is 0 Å². The Morgan fingerprint density at radius 3 is 2.57 bits per heavy atom. The van der Waals surface area contributed by atoms with Crippen molar-refractivity contribution in [1.82, 2.24) is 0 Å². The smallest absolute Gasteiger partial charge is 0.134 e. The molecule has 14 heavy (non-hydrogen) atoms. The Labute approximate surface area is 86.8 Å². The van der Waals surface area contributed by atoms with Gasteiger partial charge in [-0.25, -0.2) is 0 Å². The van der Waals surface area contributed by atoms with Crippen LogP contribution >= 0.6 is 0 Å². The first-order chi connectivity index (χ1) is 6.72. The van der Waals surface area contributed by atoms with Crippen LogP contribution in [0.25, 0.3) is 0 Å². The van der Waals surface area contributed by atoms with Crippen LogP contribution in [0.3, 0.4) is 0 Å². The van der Waals surface area contributed by atoms with Gasteiger partial charge in [0.25, 0.3) is 0 Å². The van der Waals surface area contributed by atoms with E-state index in [1.807, 2.05) is 0 Å². The molecule has 0 aromatic heterocycles. The fourth-order valence-corrected chi connectivity index (χ4v) is 2.96. The molecule has 2 rings (SSSR count). The molecule has 80 valence electrons. The summed E-state index contributed by atoms with van der Waals surface area (Å²) in [6.07, 6.45) is 10.4. The van der Waals surface area contributed by atoms with E-state index in [9.17, 15) is 5.11 Å². The van der Waals surface area contributed by atoms with E-state index in [-0.39, 0.29) is 6.10 Å². The predicted molar refractivity (Wildman–Crippen MR) is 57.9 cm³/mol. The van der Waals surface area contributed by atoms with E-state index in [0.717, 1.165) is 17.3 Å². The van der Waals surface area contributed by atoms with Gasteiger partial charge in [-0.15, -0.1) is 0 Å². The molecule has 2 atom stereocenters. The molecule has 2 nitrogen and oxygen atoms in total. The molecule has 0 bridgehead atoms. The van der Waals surface area contributed by atoms with E-state index in [2.05, 4.69) is 19.2 Å². The molecule has 1 N–H and O–H groups in total. The van der Waals surface area contributed by atoms with Gasteiger partial charge in [-0.05, 0) is 38.2 Å². The fourth-order valence-electron chi connectivity index (χ4n) is 2.96. The molecule has 0 amide bonds. The quantitative estimate of drug-likeness (QED) is 0.500. The van der Waals surface area contributed by atoms with Gasteiger partial charge in [0.05, 0.1) is 20.1 Å². The lowest BCUT2D eigenvalue weighted by Crippen LogP contribution is -2.59. The van der Waals surface area contributed by atoms with Gasteiger partial charge in [0.15, 0.2) is 0 Å². The summed E-state index contributed by atoms with van der Waals surface area (Å²) in [6.45, 7) is 2.48. The molecule has 1 fully saturated rings. The number of hydrogen-bond donors (Lipinski definition) is 1. The summed E-state index contributed by atoms with van der Waals surface area (Å²) in [6, 6.07) is 0.365. The summed E-state index contributed by atoms with van der Waals surface area (Å²) >= 11 is 0. The van der Waals surface area contributed by atoms with Crippen LogP contribution in [0.1, 0.15) is 32.1 Å². The molecule has 0 radical (unpaired) electrons. The first-order valence-electron chi connectivity index (χ1n) is 5.91. The number of aliphatic hydroxyl groups excluding tert-OH is 1. The van der Waals surface area contributed by atoms with Crippen molar-refractivity contribution in [3.05, 3.63) is 12.2 Å². The second-order valence-electron chi connectivity index (χ2n) is 5.05. The van der Waals surface area contributed by atoms with Gasteiger partial charge in [-0.2, -0.15) is 0 Å². The summed E-state index contributed by atoms with van der Waals surface area (Å²) in [5, 5.41) is 10.0.